The van der Waals surface area contributed by atoms with Crippen LogP contribution in [-0.2, 0) is 6.42 Å². The molecule has 0 radical (unpaired) electrons. The molecule has 0 fully saturated rings. The molecule has 14 heavy (non-hydrogen) atoms. The summed E-state index contributed by atoms with van der Waals surface area (Å²) >= 11 is 0. The maximum atomic E-state index is 9.71. The molecule has 0 atom stereocenters. The van der Waals surface area contributed by atoms with E-state index >= 15 is 0 Å². The van der Waals surface area contributed by atoms with Crippen LogP contribution in [0.5, 0.6) is 5.75 Å². The first kappa shape index (κ1) is 10.9. The molecule has 1 aromatic rings. The van der Waals surface area contributed by atoms with Crippen molar-refractivity contribution in [2.45, 2.75) is 26.7 Å². The largest absolute Gasteiger partial charge is 0.508 e. The van der Waals surface area contributed by atoms with Gasteiger partial charge in [0.2, 0.25) is 0 Å². The van der Waals surface area contributed by atoms with Gasteiger partial charge in [-0.2, -0.15) is 0 Å². The molecule has 2 heteroatoms. The number of aromatic hydroxyl groups is 1. The van der Waals surface area contributed by atoms with E-state index in [0.717, 1.165) is 24.0 Å². The Morgan fingerprint density at radius 2 is 1.93 bits per heavy atom. The summed E-state index contributed by atoms with van der Waals surface area (Å²) in [6, 6.07) is 3.93. The van der Waals surface area contributed by atoms with Gasteiger partial charge in [0, 0.05) is 19.8 Å². The number of phenols is 1. The molecule has 0 saturated carbocycles. The highest BCUT2D eigenvalue weighted by molar-refractivity contribution is 5.57. The van der Waals surface area contributed by atoms with Gasteiger partial charge in [-0.15, -0.1) is 0 Å². The monoisotopic (exact) mass is 193 g/mol. The van der Waals surface area contributed by atoms with Crippen molar-refractivity contribution >= 4 is 5.69 Å². The summed E-state index contributed by atoms with van der Waals surface area (Å²) in [7, 11) is 4.05. The number of rotatable bonds is 3. The molecule has 0 aliphatic heterocycles. The predicted molar refractivity (Wildman–Crippen MR) is 61.2 cm³/mol. The summed E-state index contributed by atoms with van der Waals surface area (Å²) in [5.74, 6) is 0.426. The molecule has 0 amide bonds. The summed E-state index contributed by atoms with van der Waals surface area (Å²) in [6.45, 7) is 4.14. The van der Waals surface area contributed by atoms with Crippen molar-refractivity contribution in [3.8, 4) is 5.75 Å². The zero-order chi connectivity index (χ0) is 10.7. The van der Waals surface area contributed by atoms with Gasteiger partial charge in [-0.3, -0.25) is 0 Å². The second-order valence-electron chi connectivity index (χ2n) is 3.91. The van der Waals surface area contributed by atoms with Gasteiger partial charge in [-0.1, -0.05) is 13.3 Å². The third-order valence-corrected chi connectivity index (χ3v) is 2.40. The molecule has 78 valence electrons. The zero-order valence-electron chi connectivity index (χ0n) is 9.46. The van der Waals surface area contributed by atoms with E-state index in [9.17, 15) is 5.11 Å². The van der Waals surface area contributed by atoms with Crippen LogP contribution in [0.3, 0.4) is 0 Å². The summed E-state index contributed by atoms with van der Waals surface area (Å²) in [6.07, 6.45) is 2.00. The van der Waals surface area contributed by atoms with Crippen LogP contribution in [-0.4, -0.2) is 19.2 Å². The fraction of sp³-hybridized carbons (Fsp3) is 0.500. The highest BCUT2D eigenvalue weighted by atomic mass is 16.3. The lowest BCUT2D eigenvalue weighted by Gasteiger charge is -2.17. The van der Waals surface area contributed by atoms with E-state index in [1.807, 2.05) is 27.1 Å². The highest BCUT2D eigenvalue weighted by Crippen LogP contribution is 2.28. The molecule has 0 heterocycles. The molecule has 0 bridgehead atoms. The Bertz CT molecular complexity index is 318. The Balaban J connectivity index is 3.13. The zero-order valence-corrected chi connectivity index (χ0v) is 9.46. The van der Waals surface area contributed by atoms with Crippen molar-refractivity contribution in [1.29, 1.82) is 0 Å². The second-order valence-corrected chi connectivity index (χ2v) is 3.91. The molecule has 0 aromatic heterocycles. The molecule has 0 unspecified atom stereocenters. The number of hydrogen-bond acceptors (Lipinski definition) is 2. The van der Waals surface area contributed by atoms with Gasteiger partial charge < -0.3 is 10.0 Å². The molecular formula is C12H19NO. The normalized spacial score (nSPS) is 10.3. The topological polar surface area (TPSA) is 23.5 Å². The Morgan fingerprint density at radius 3 is 2.43 bits per heavy atom. The summed E-state index contributed by atoms with van der Waals surface area (Å²) in [5, 5.41) is 9.71. The minimum absolute atomic E-state index is 0.426. The Morgan fingerprint density at radius 1 is 1.29 bits per heavy atom. The number of anilines is 1. The molecule has 1 N–H and O–H groups in total. The van der Waals surface area contributed by atoms with E-state index in [-0.39, 0.29) is 0 Å². The van der Waals surface area contributed by atoms with Crippen molar-refractivity contribution in [3.05, 3.63) is 23.3 Å². The van der Waals surface area contributed by atoms with Gasteiger partial charge in [0.05, 0.1) is 0 Å². The average molecular weight is 193 g/mol. The van der Waals surface area contributed by atoms with Crippen LogP contribution < -0.4 is 4.90 Å². The van der Waals surface area contributed by atoms with Crippen molar-refractivity contribution in [1.82, 2.24) is 0 Å². The van der Waals surface area contributed by atoms with Crippen LogP contribution >= 0.6 is 0 Å². The van der Waals surface area contributed by atoms with Crippen LogP contribution in [0.25, 0.3) is 0 Å². The Labute approximate surface area is 86.2 Å². The molecular weight excluding hydrogens is 174 g/mol. The molecule has 0 aliphatic carbocycles. The van der Waals surface area contributed by atoms with Gasteiger partial charge in [0.15, 0.2) is 0 Å². The van der Waals surface area contributed by atoms with E-state index in [0.29, 0.717) is 5.75 Å². The first-order valence-electron chi connectivity index (χ1n) is 5.06. The van der Waals surface area contributed by atoms with Crippen molar-refractivity contribution in [2.24, 2.45) is 0 Å². The first-order valence-corrected chi connectivity index (χ1v) is 5.06. The van der Waals surface area contributed by atoms with E-state index in [1.54, 1.807) is 0 Å². The molecule has 1 aromatic carbocycles. The standard InChI is InChI=1S/C12H19NO/c1-5-6-10-8-11(13(3)4)9(2)7-12(10)14/h7-8,14H,5-6H2,1-4H3. The van der Waals surface area contributed by atoms with E-state index in [4.69, 9.17) is 0 Å². The number of hydrogen-bond donors (Lipinski definition) is 1. The molecule has 0 spiro atoms. The van der Waals surface area contributed by atoms with Gasteiger partial charge in [0.25, 0.3) is 0 Å². The third kappa shape index (κ3) is 2.19. The lowest BCUT2D eigenvalue weighted by molar-refractivity contribution is 0.467. The fourth-order valence-corrected chi connectivity index (χ4v) is 1.68. The summed E-state index contributed by atoms with van der Waals surface area (Å²) in [5.41, 5.74) is 3.35. The smallest absolute Gasteiger partial charge is 0.119 e. The van der Waals surface area contributed by atoms with Crippen LogP contribution in [0.15, 0.2) is 12.1 Å². The number of phenolic OH excluding ortho intramolecular Hbond substituents is 1. The SMILES string of the molecule is CCCc1cc(N(C)C)c(C)cc1O. The number of benzene rings is 1. The summed E-state index contributed by atoms with van der Waals surface area (Å²) in [4.78, 5) is 2.08. The quantitative estimate of drug-likeness (QED) is 0.797. The lowest BCUT2D eigenvalue weighted by atomic mass is 10.0. The number of nitrogens with zero attached hydrogens (tertiary/aromatic N) is 1. The molecule has 1 rings (SSSR count). The number of aryl methyl sites for hydroxylation is 2. The minimum Gasteiger partial charge on any atom is -0.508 e. The summed E-state index contributed by atoms with van der Waals surface area (Å²) < 4.78 is 0. The first-order chi connectivity index (χ1) is 6.56. The van der Waals surface area contributed by atoms with E-state index in [1.165, 1.54) is 5.69 Å². The van der Waals surface area contributed by atoms with Crippen LogP contribution in [0.4, 0.5) is 5.69 Å². The fourth-order valence-electron chi connectivity index (χ4n) is 1.68. The third-order valence-electron chi connectivity index (χ3n) is 2.40. The molecule has 2 nitrogen and oxygen atoms in total. The van der Waals surface area contributed by atoms with Crippen molar-refractivity contribution in [3.63, 3.8) is 0 Å². The van der Waals surface area contributed by atoms with E-state index in [2.05, 4.69) is 17.9 Å². The Hall–Kier alpha value is -1.18. The van der Waals surface area contributed by atoms with Gasteiger partial charge >= 0.3 is 0 Å². The van der Waals surface area contributed by atoms with E-state index < -0.39 is 0 Å². The lowest BCUT2D eigenvalue weighted by Crippen LogP contribution is -2.10. The minimum atomic E-state index is 0.426. The predicted octanol–water partition coefficient (Wildman–Crippen LogP) is 2.72. The van der Waals surface area contributed by atoms with Crippen LogP contribution in [0, 0.1) is 6.92 Å². The van der Waals surface area contributed by atoms with Crippen molar-refractivity contribution < 1.29 is 5.11 Å². The van der Waals surface area contributed by atoms with Crippen LogP contribution in [0.1, 0.15) is 24.5 Å². The highest BCUT2D eigenvalue weighted by Gasteiger charge is 2.06. The Kier molecular flexibility index (Phi) is 3.39. The maximum Gasteiger partial charge on any atom is 0.119 e. The second kappa shape index (κ2) is 4.36. The van der Waals surface area contributed by atoms with Crippen molar-refractivity contribution in [2.75, 3.05) is 19.0 Å². The van der Waals surface area contributed by atoms with Gasteiger partial charge in [0.1, 0.15) is 5.75 Å². The average Bonchev–Trinajstić information content (AvgIpc) is 2.09. The molecule has 0 aliphatic rings. The van der Waals surface area contributed by atoms with Gasteiger partial charge in [-0.05, 0) is 36.6 Å². The van der Waals surface area contributed by atoms with Crippen LogP contribution in [0.2, 0.25) is 0 Å². The molecule has 0 saturated heterocycles. The van der Waals surface area contributed by atoms with Gasteiger partial charge in [-0.25, -0.2) is 0 Å². The maximum absolute atomic E-state index is 9.71.